The number of hydrogen-bond donors (Lipinski definition) is 2. The van der Waals surface area contributed by atoms with Crippen LogP contribution in [0.1, 0.15) is 29.3 Å². The van der Waals surface area contributed by atoms with E-state index in [0.29, 0.717) is 6.61 Å². The van der Waals surface area contributed by atoms with E-state index in [-0.39, 0.29) is 17.0 Å². The molecule has 0 atom stereocenters. The van der Waals surface area contributed by atoms with Crippen molar-refractivity contribution in [1.29, 1.82) is 0 Å². The highest BCUT2D eigenvalue weighted by Crippen LogP contribution is 2.14. The van der Waals surface area contributed by atoms with Crippen LogP contribution < -0.4 is 15.2 Å². The van der Waals surface area contributed by atoms with Crippen molar-refractivity contribution in [3.05, 3.63) is 59.7 Å². The first kappa shape index (κ1) is 18.0. The maximum atomic E-state index is 12.2. The molecule has 0 aliphatic heterocycles. The van der Waals surface area contributed by atoms with E-state index in [2.05, 4.69) is 4.72 Å². The van der Waals surface area contributed by atoms with Gasteiger partial charge in [0.25, 0.3) is 0 Å². The number of nitrogens with two attached hydrogens (primary N) is 1. The molecule has 0 fully saturated rings. The Labute approximate surface area is 141 Å². The van der Waals surface area contributed by atoms with Gasteiger partial charge in [0.05, 0.1) is 11.5 Å². The van der Waals surface area contributed by atoms with Crippen LogP contribution in [0.2, 0.25) is 0 Å². The van der Waals surface area contributed by atoms with Crippen LogP contribution in [0.25, 0.3) is 0 Å². The van der Waals surface area contributed by atoms with E-state index in [0.717, 1.165) is 17.7 Å². The Morgan fingerprint density at radius 1 is 1.08 bits per heavy atom. The topological polar surface area (TPSA) is 98.5 Å². The van der Waals surface area contributed by atoms with Gasteiger partial charge in [-0.3, -0.25) is 4.79 Å². The van der Waals surface area contributed by atoms with Gasteiger partial charge in [0.1, 0.15) is 5.75 Å². The lowest BCUT2D eigenvalue weighted by Crippen LogP contribution is -2.23. The lowest BCUT2D eigenvalue weighted by atomic mass is 10.2. The van der Waals surface area contributed by atoms with Crippen LogP contribution in [-0.4, -0.2) is 20.9 Å². The van der Waals surface area contributed by atoms with Crippen LogP contribution in [-0.2, 0) is 16.6 Å². The van der Waals surface area contributed by atoms with Gasteiger partial charge in [0.2, 0.25) is 15.9 Å². The number of rotatable bonds is 8. The van der Waals surface area contributed by atoms with Crippen molar-refractivity contribution in [2.24, 2.45) is 5.73 Å². The van der Waals surface area contributed by atoms with Crippen molar-refractivity contribution in [2.75, 3.05) is 6.61 Å². The van der Waals surface area contributed by atoms with Gasteiger partial charge in [-0.15, -0.1) is 0 Å². The molecule has 6 nitrogen and oxygen atoms in total. The Kier molecular flexibility index (Phi) is 5.94. The fourth-order valence-corrected chi connectivity index (χ4v) is 3.00. The zero-order chi connectivity index (χ0) is 17.6. The second-order valence-electron chi connectivity index (χ2n) is 5.21. The third-order valence-corrected chi connectivity index (χ3v) is 4.73. The molecule has 0 heterocycles. The van der Waals surface area contributed by atoms with E-state index < -0.39 is 15.9 Å². The second-order valence-corrected chi connectivity index (χ2v) is 6.97. The van der Waals surface area contributed by atoms with Gasteiger partial charge in [0.15, 0.2) is 0 Å². The minimum absolute atomic E-state index is 0.0791. The molecule has 24 heavy (non-hydrogen) atoms. The number of amides is 1. The number of sulfonamides is 1. The summed E-state index contributed by atoms with van der Waals surface area (Å²) < 4.78 is 32.5. The lowest BCUT2D eigenvalue weighted by molar-refractivity contribution is 0.1000. The van der Waals surface area contributed by atoms with Gasteiger partial charge >= 0.3 is 0 Å². The molecule has 2 rings (SSSR count). The summed E-state index contributed by atoms with van der Waals surface area (Å²) in [6, 6.07) is 12.7. The van der Waals surface area contributed by atoms with Crippen LogP contribution in [0.5, 0.6) is 5.75 Å². The van der Waals surface area contributed by atoms with Crippen LogP contribution in [0.3, 0.4) is 0 Å². The van der Waals surface area contributed by atoms with Crippen molar-refractivity contribution in [1.82, 2.24) is 4.72 Å². The molecule has 0 unspecified atom stereocenters. The average molecular weight is 348 g/mol. The van der Waals surface area contributed by atoms with E-state index in [4.69, 9.17) is 10.5 Å². The Balaban J connectivity index is 2.00. The maximum absolute atomic E-state index is 12.2. The lowest BCUT2D eigenvalue weighted by Gasteiger charge is -2.09. The molecule has 0 saturated heterocycles. The van der Waals surface area contributed by atoms with E-state index in [1.807, 2.05) is 19.1 Å². The van der Waals surface area contributed by atoms with E-state index in [1.165, 1.54) is 24.3 Å². The summed E-state index contributed by atoms with van der Waals surface area (Å²) in [5.74, 6) is 0.155. The molecule has 1 amide bonds. The average Bonchev–Trinajstić information content (AvgIpc) is 2.59. The van der Waals surface area contributed by atoms with Crippen molar-refractivity contribution >= 4 is 15.9 Å². The van der Waals surface area contributed by atoms with Crippen LogP contribution in [0, 0.1) is 0 Å². The quantitative estimate of drug-likeness (QED) is 0.763. The van der Waals surface area contributed by atoms with Crippen molar-refractivity contribution < 1.29 is 17.9 Å². The van der Waals surface area contributed by atoms with E-state index in [9.17, 15) is 13.2 Å². The normalized spacial score (nSPS) is 11.2. The Morgan fingerprint density at radius 2 is 1.71 bits per heavy atom. The Morgan fingerprint density at radius 3 is 2.25 bits per heavy atom. The molecule has 2 aromatic carbocycles. The second kappa shape index (κ2) is 7.94. The summed E-state index contributed by atoms with van der Waals surface area (Å²) in [4.78, 5) is 11.1. The third-order valence-electron chi connectivity index (χ3n) is 3.31. The molecular weight excluding hydrogens is 328 g/mol. The molecule has 0 radical (unpaired) electrons. The Hall–Kier alpha value is -2.38. The van der Waals surface area contributed by atoms with Crippen LogP contribution in [0.15, 0.2) is 53.4 Å². The molecule has 128 valence electrons. The Bertz CT molecular complexity index is 784. The molecule has 0 spiro atoms. The first-order chi connectivity index (χ1) is 11.4. The van der Waals surface area contributed by atoms with Gasteiger partial charge in [-0.1, -0.05) is 19.1 Å². The molecular formula is C17H20N2O4S. The molecule has 0 aliphatic carbocycles. The zero-order valence-electron chi connectivity index (χ0n) is 13.4. The molecule has 0 aliphatic rings. The maximum Gasteiger partial charge on any atom is 0.248 e. The SMILES string of the molecule is CCCOc1ccc(CNS(=O)(=O)c2ccc(C(N)=O)cc2)cc1. The molecule has 3 N–H and O–H groups in total. The minimum atomic E-state index is -3.66. The number of hydrogen-bond acceptors (Lipinski definition) is 4. The summed E-state index contributed by atoms with van der Waals surface area (Å²) in [6.07, 6.45) is 0.927. The molecule has 7 heteroatoms. The van der Waals surface area contributed by atoms with Crippen molar-refractivity contribution in [2.45, 2.75) is 24.8 Å². The monoisotopic (exact) mass is 348 g/mol. The zero-order valence-corrected chi connectivity index (χ0v) is 14.2. The number of carbonyl (C=O) groups is 1. The first-order valence-corrected chi connectivity index (χ1v) is 9.02. The van der Waals surface area contributed by atoms with Crippen LogP contribution >= 0.6 is 0 Å². The first-order valence-electron chi connectivity index (χ1n) is 7.53. The number of primary amides is 1. The number of carbonyl (C=O) groups excluding carboxylic acids is 1. The number of ether oxygens (including phenoxy) is 1. The van der Waals surface area contributed by atoms with Gasteiger partial charge in [0, 0.05) is 12.1 Å². The molecule has 0 bridgehead atoms. The van der Waals surface area contributed by atoms with Crippen molar-refractivity contribution in [3.63, 3.8) is 0 Å². The van der Waals surface area contributed by atoms with E-state index >= 15 is 0 Å². The standard InChI is InChI=1S/C17H20N2O4S/c1-2-11-23-15-7-3-13(4-8-15)12-19-24(21,22)16-9-5-14(6-10-16)17(18)20/h3-10,19H,2,11-12H2,1H3,(H2,18,20). The van der Waals surface area contributed by atoms with Gasteiger partial charge < -0.3 is 10.5 Å². The smallest absolute Gasteiger partial charge is 0.248 e. The summed E-state index contributed by atoms with van der Waals surface area (Å²) in [7, 11) is -3.66. The highest BCUT2D eigenvalue weighted by atomic mass is 32.2. The van der Waals surface area contributed by atoms with E-state index in [1.54, 1.807) is 12.1 Å². The summed E-state index contributed by atoms with van der Waals surface area (Å²) >= 11 is 0. The van der Waals surface area contributed by atoms with Crippen LogP contribution in [0.4, 0.5) is 0 Å². The van der Waals surface area contributed by atoms with Gasteiger partial charge in [-0.25, -0.2) is 13.1 Å². The predicted molar refractivity (Wildman–Crippen MR) is 91.2 cm³/mol. The molecule has 0 aromatic heterocycles. The third kappa shape index (κ3) is 4.81. The summed E-state index contributed by atoms with van der Waals surface area (Å²) in [5, 5.41) is 0. The number of nitrogens with one attached hydrogen (secondary N) is 1. The molecule has 2 aromatic rings. The molecule has 0 saturated carbocycles. The summed E-state index contributed by atoms with van der Waals surface area (Å²) in [5.41, 5.74) is 6.21. The predicted octanol–water partition coefficient (Wildman–Crippen LogP) is 2.05. The summed E-state index contributed by atoms with van der Waals surface area (Å²) in [6.45, 7) is 2.83. The highest BCUT2D eigenvalue weighted by molar-refractivity contribution is 7.89. The fraction of sp³-hybridized carbons (Fsp3) is 0.235. The highest BCUT2D eigenvalue weighted by Gasteiger charge is 2.14. The van der Waals surface area contributed by atoms with Gasteiger partial charge in [-0.2, -0.15) is 0 Å². The van der Waals surface area contributed by atoms with Gasteiger partial charge in [-0.05, 0) is 48.4 Å². The number of benzene rings is 2. The minimum Gasteiger partial charge on any atom is -0.494 e. The largest absolute Gasteiger partial charge is 0.494 e. The van der Waals surface area contributed by atoms with Crippen molar-refractivity contribution in [3.8, 4) is 5.75 Å². The fourth-order valence-electron chi connectivity index (χ4n) is 1.98.